The van der Waals surface area contributed by atoms with Crippen molar-refractivity contribution in [2.75, 3.05) is 20.3 Å². The van der Waals surface area contributed by atoms with Crippen LogP contribution in [0.5, 0.6) is 17.2 Å². The van der Waals surface area contributed by atoms with Crippen molar-refractivity contribution in [2.45, 2.75) is 53.4 Å². The van der Waals surface area contributed by atoms with Crippen molar-refractivity contribution in [3.05, 3.63) is 51.9 Å². The Morgan fingerprint density at radius 1 is 1.10 bits per heavy atom. The lowest BCUT2D eigenvalue weighted by Gasteiger charge is -2.17. The van der Waals surface area contributed by atoms with E-state index in [0.29, 0.717) is 24.7 Å². The van der Waals surface area contributed by atoms with Gasteiger partial charge in [-0.3, -0.25) is 4.79 Å². The van der Waals surface area contributed by atoms with E-state index in [1.54, 1.807) is 18.7 Å². The number of allylic oxidation sites excluding steroid dienone is 3. The fraction of sp³-hybridized carbons (Fsp3) is 0.480. The summed E-state index contributed by atoms with van der Waals surface area (Å²) >= 11 is 0. The van der Waals surface area contributed by atoms with E-state index in [0.717, 1.165) is 36.6 Å². The first-order valence-electron chi connectivity index (χ1n) is 10.6. The Bertz CT molecular complexity index is 965. The molecule has 30 heavy (non-hydrogen) atoms. The first kappa shape index (κ1) is 23.6. The molecule has 0 saturated heterocycles. The van der Waals surface area contributed by atoms with Crippen LogP contribution in [0.1, 0.15) is 53.4 Å². The van der Waals surface area contributed by atoms with Gasteiger partial charge in [0.05, 0.1) is 19.2 Å². The molecule has 0 aliphatic rings. The van der Waals surface area contributed by atoms with Crippen molar-refractivity contribution in [1.82, 2.24) is 4.57 Å². The zero-order chi connectivity index (χ0) is 22.1. The standard InChI is InChI=1S/C25H35NO4/c1-7-8-15-29-23-21-13-12-20(28-6)17-22(21)26(5)25(27)24(23)30-16-14-19(4)11-9-10-18(2)3/h10,12-14,17H,7-9,11,15-16H2,1-6H3/b19-14+. The lowest BCUT2D eigenvalue weighted by atomic mass is 10.1. The van der Waals surface area contributed by atoms with Crippen LogP contribution < -0.4 is 19.8 Å². The van der Waals surface area contributed by atoms with E-state index in [9.17, 15) is 4.79 Å². The minimum atomic E-state index is -0.210. The lowest BCUT2D eigenvalue weighted by Crippen LogP contribution is -2.21. The van der Waals surface area contributed by atoms with E-state index in [-0.39, 0.29) is 11.3 Å². The number of unbranched alkanes of at least 4 members (excludes halogenated alkanes) is 1. The topological polar surface area (TPSA) is 49.7 Å². The average Bonchev–Trinajstić information content (AvgIpc) is 2.72. The average molecular weight is 414 g/mol. The molecule has 2 aromatic rings. The van der Waals surface area contributed by atoms with Gasteiger partial charge >= 0.3 is 0 Å². The molecule has 0 saturated carbocycles. The highest BCUT2D eigenvalue weighted by Gasteiger charge is 2.18. The van der Waals surface area contributed by atoms with Crippen molar-refractivity contribution in [1.29, 1.82) is 0 Å². The van der Waals surface area contributed by atoms with Crippen molar-refractivity contribution < 1.29 is 14.2 Å². The molecule has 0 aliphatic heterocycles. The highest BCUT2D eigenvalue weighted by molar-refractivity contribution is 5.89. The number of pyridine rings is 1. The van der Waals surface area contributed by atoms with Gasteiger partial charge in [0.15, 0.2) is 5.75 Å². The summed E-state index contributed by atoms with van der Waals surface area (Å²) in [7, 11) is 3.36. The summed E-state index contributed by atoms with van der Waals surface area (Å²) in [6.45, 7) is 9.28. The molecule has 0 radical (unpaired) electrons. The van der Waals surface area contributed by atoms with Crippen molar-refractivity contribution in [3.8, 4) is 17.2 Å². The van der Waals surface area contributed by atoms with Gasteiger partial charge < -0.3 is 18.8 Å². The normalized spacial score (nSPS) is 11.5. The van der Waals surface area contributed by atoms with Gasteiger partial charge in [-0.15, -0.1) is 0 Å². The van der Waals surface area contributed by atoms with E-state index >= 15 is 0 Å². The number of ether oxygens (including phenoxy) is 3. The van der Waals surface area contributed by atoms with E-state index in [2.05, 4.69) is 33.8 Å². The number of aromatic nitrogens is 1. The summed E-state index contributed by atoms with van der Waals surface area (Å²) in [4.78, 5) is 13.0. The van der Waals surface area contributed by atoms with Gasteiger partial charge in [0.2, 0.25) is 5.75 Å². The summed E-state index contributed by atoms with van der Waals surface area (Å²) in [6.07, 6.45) is 8.17. The van der Waals surface area contributed by atoms with Crippen LogP contribution in [0.25, 0.3) is 10.9 Å². The van der Waals surface area contributed by atoms with Gasteiger partial charge in [-0.1, -0.05) is 30.6 Å². The number of nitrogens with zero attached hydrogens (tertiary/aromatic N) is 1. The van der Waals surface area contributed by atoms with Gasteiger partial charge in [-0.25, -0.2) is 0 Å². The Hall–Kier alpha value is -2.69. The molecule has 0 fully saturated rings. The number of fused-ring (bicyclic) bond motifs is 1. The molecule has 0 unspecified atom stereocenters. The van der Waals surface area contributed by atoms with E-state index in [4.69, 9.17) is 14.2 Å². The Kier molecular flexibility index (Phi) is 9.03. The third-order valence-corrected chi connectivity index (χ3v) is 5.01. The summed E-state index contributed by atoms with van der Waals surface area (Å²) in [5.74, 6) is 1.47. The first-order valence-corrected chi connectivity index (χ1v) is 10.6. The largest absolute Gasteiger partial charge is 0.497 e. The zero-order valence-corrected chi connectivity index (χ0v) is 19.2. The monoisotopic (exact) mass is 413 g/mol. The van der Waals surface area contributed by atoms with Crippen LogP contribution in [-0.2, 0) is 7.05 Å². The van der Waals surface area contributed by atoms with Crippen LogP contribution in [0.2, 0.25) is 0 Å². The number of rotatable bonds is 11. The maximum Gasteiger partial charge on any atom is 0.297 e. The molecule has 0 N–H and O–H groups in total. The molecule has 1 heterocycles. The maximum atomic E-state index is 13.0. The second-order valence-corrected chi connectivity index (χ2v) is 7.79. The quantitative estimate of drug-likeness (QED) is 0.345. The molecular weight excluding hydrogens is 378 g/mol. The van der Waals surface area contributed by atoms with Crippen molar-refractivity contribution in [3.63, 3.8) is 0 Å². The Morgan fingerprint density at radius 3 is 2.53 bits per heavy atom. The predicted octanol–water partition coefficient (Wildman–Crippen LogP) is 5.80. The molecule has 0 amide bonds. The third kappa shape index (κ3) is 6.15. The van der Waals surface area contributed by atoms with Gasteiger partial charge in [-0.05, 0) is 58.2 Å². The Labute approximate surface area is 180 Å². The number of hydrogen-bond donors (Lipinski definition) is 0. The smallest absolute Gasteiger partial charge is 0.297 e. The van der Waals surface area contributed by atoms with Gasteiger partial charge in [0.25, 0.3) is 5.56 Å². The summed E-state index contributed by atoms with van der Waals surface area (Å²) in [5.41, 5.74) is 3.11. The lowest BCUT2D eigenvalue weighted by molar-refractivity contribution is 0.278. The molecule has 2 rings (SSSR count). The fourth-order valence-corrected chi connectivity index (χ4v) is 3.14. The van der Waals surface area contributed by atoms with Crippen LogP contribution in [-0.4, -0.2) is 24.9 Å². The van der Waals surface area contributed by atoms with Crippen LogP contribution in [0, 0.1) is 0 Å². The number of aryl methyl sites for hydroxylation is 1. The molecule has 0 aliphatic carbocycles. The van der Waals surface area contributed by atoms with Crippen LogP contribution >= 0.6 is 0 Å². The predicted molar refractivity (Wildman–Crippen MR) is 124 cm³/mol. The van der Waals surface area contributed by atoms with Gasteiger partial charge in [-0.2, -0.15) is 0 Å². The molecule has 1 aromatic carbocycles. The zero-order valence-electron chi connectivity index (χ0n) is 19.2. The second kappa shape index (κ2) is 11.5. The minimum Gasteiger partial charge on any atom is -0.497 e. The fourth-order valence-electron chi connectivity index (χ4n) is 3.14. The first-order chi connectivity index (χ1) is 14.4. The highest BCUT2D eigenvalue weighted by atomic mass is 16.5. The van der Waals surface area contributed by atoms with Crippen LogP contribution in [0.15, 0.2) is 46.3 Å². The third-order valence-electron chi connectivity index (χ3n) is 5.01. The SMILES string of the molecule is CCCCOc1c(OC/C=C(\C)CCC=C(C)C)c(=O)n(C)c2cc(OC)ccc12. The molecule has 164 valence electrons. The van der Waals surface area contributed by atoms with E-state index < -0.39 is 0 Å². The summed E-state index contributed by atoms with van der Waals surface area (Å²) in [5, 5.41) is 0.841. The number of hydrogen-bond acceptors (Lipinski definition) is 4. The van der Waals surface area contributed by atoms with Gasteiger partial charge in [0, 0.05) is 18.5 Å². The van der Waals surface area contributed by atoms with Crippen LogP contribution in [0.3, 0.4) is 0 Å². The molecule has 5 nitrogen and oxygen atoms in total. The summed E-state index contributed by atoms with van der Waals surface area (Å²) < 4.78 is 18.9. The van der Waals surface area contributed by atoms with Crippen LogP contribution in [0.4, 0.5) is 0 Å². The Morgan fingerprint density at radius 2 is 1.87 bits per heavy atom. The second-order valence-electron chi connectivity index (χ2n) is 7.79. The van der Waals surface area contributed by atoms with Crippen molar-refractivity contribution in [2.24, 2.45) is 7.05 Å². The minimum absolute atomic E-state index is 0.210. The molecular formula is C25H35NO4. The van der Waals surface area contributed by atoms with Crippen molar-refractivity contribution >= 4 is 10.9 Å². The molecule has 0 bridgehead atoms. The van der Waals surface area contributed by atoms with E-state index in [1.165, 1.54) is 11.1 Å². The molecule has 0 spiro atoms. The molecule has 5 heteroatoms. The Balaban J connectivity index is 2.34. The number of benzene rings is 1. The maximum absolute atomic E-state index is 13.0. The molecule has 1 aromatic heterocycles. The summed E-state index contributed by atoms with van der Waals surface area (Å²) in [6, 6.07) is 5.64. The number of methoxy groups -OCH3 is 1. The van der Waals surface area contributed by atoms with Gasteiger partial charge in [0.1, 0.15) is 12.4 Å². The highest BCUT2D eigenvalue weighted by Crippen LogP contribution is 2.34. The van der Waals surface area contributed by atoms with E-state index in [1.807, 2.05) is 24.3 Å². The molecule has 0 atom stereocenters.